The van der Waals surface area contributed by atoms with Crippen LogP contribution in [0.15, 0.2) is 72.9 Å². The summed E-state index contributed by atoms with van der Waals surface area (Å²) >= 11 is 0. The van der Waals surface area contributed by atoms with Crippen molar-refractivity contribution >= 4 is 19.7 Å². The fourth-order valence-electron chi connectivity index (χ4n) is 4.99. The molecule has 0 aromatic heterocycles. The molecule has 9 nitrogen and oxygen atoms in total. The Hall–Kier alpha value is -2.55. The van der Waals surface area contributed by atoms with Gasteiger partial charge in [-0.05, 0) is 83.5 Å². The molecule has 0 spiro atoms. The Bertz CT molecular complexity index is 1100. The number of aliphatic hydroxyl groups excluding tert-OH is 1. The fraction of sp³-hybridized carbons (Fsp3) is 0.674. The highest BCUT2D eigenvalue weighted by molar-refractivity contribution is 7.47. The van der Waals surface area contributed by atoms with Crippen LogP contribution in [0.25, 0.3) is 0 Å². The smallest absolute Gasteiger partial charge is 0.463 e. The lowest BCUT2D eigenvalue weighted by Crippen LogP contribution is -2.27. The number of phosphoric ester groups is 1. The van der Waals surface area contributed by atoms with Crippen LogP contribution >= 0.6 is 7.82 Å². The van der Waals surface area contributed by atoms with Crippen LogP contribution in [-0.2, 0) is 27.9 Å². The molecular formula is C43H74NO8P. The van der Waals surface area contributed by atoms with Crippen LogP contribution in [-0.4, -0.2) is 54.3 Å². The zero-order chi connectivity index (χ0) is 38.9. The molecule has 0 fully saturated rings. The van der Waals surface area contributed by atoms with Crippen LogP contribution in [0.5, 0.6) is 0 Å². The quantitative estimate of drug-likeness (QED) is 0.0247. The SMILES string of the molecule is CCCCC/C=C\C/C=C\C/C=C\C/C=C\CCCC(=O)OCC(O)COP(=O)(O)OCCNC(=O)CCCCCCC/C=C\C/C=C\CCCCC. The number of carbonyl (C=O) groups excluding carboxylic acids is 2. The first kappa shape index (κ1) is 50.5. The van der Waals surface area contributed by atoms with E-state index < -0.39 is 26.5 Å². The molecule has 0 aromatic rings. The van der Waals surface area contributed by atoms with Crippen molar-refractivity contribution in [2.75, 3.05) is 26.4 Å². The lowest BCUT2D eigenvalue weighted by Gasteiger charge is -2.15. The molecule has 2 unspecified atom stereocenters. The minimum absolute atomic E-state index is 0.0637. The second-order valence-electron chi connectivity index (χ2n) is 13.2. The third kappa shape index (κ3) is 40.5. The van der Waals surface area contributed by atoms with Gasteiger partial charge in [0.05, 0.1) is 13.2 Å². The zero-order valence-electron chi connectivity index (χ0n) is 33.2. The lowest BCUT2D eigenvalue weighted by molar-refractivity contribution is -0.147. The van der Waals surface area contributed by atoms with Crippen LogP contribution in [0.2, 0.25) is 0 Å². The predicted molar refractivity (Wildman–Crippen MR) is 219 cm³/mol. The fourth-order valence-corrected chi connectivity index (χ4v) is 5.75. The van der Waals surface area contributed by atoms with E-state index in [0.29, 0.717) is 12.8 Å². The molecular weight excluding hydrogens is 689 g/mol. The third-order valence-corrected chi connectivity index (χ3v) is 9.09. The van der Waals surface area contributed by atoms with Crippen molar-refractivity contribution in [2.24, 2.45) is 0 Å². The number of phosphoric acid groups is 1. The number of rotatable bonds is 37. The van der Waals surface area contributed by atoms with Gasteiger partial charge >= 0.3 is 13.8 Å². The molecule has 304 valence electrons. The van der Waals surface area contributed by atoms with E-state index >= 15 is 0 Å². The van der Waals surface area contributed by atoms with Gasteiger partial charge in [0.25, 0.3) is 0 Å². The van der Waals surface area contributed by atoms with E-state index in [0.717, 1.165) is 70.6 Å². The van der Waals surface area contributed by atoms with Gasteiger partial charge in [-0.25, -0.2) is 4.57 Å². The Kier molecular flexibility index (Phi) is 37.3. The summed E-state index contributed by atoms with van der Waals surface area (Å²) in [7, 11) is -4.43. The monoisotopic (exact) mass is 764 g/mol. The highest BCUT2D eigenvalue weighted by Gasteiger charge is 2.23. The molecule has 0 radical (unpaired) electrons. The highest BCUT2D eigenvalue weighted by Crippen LogP contribution is 2.42. The summed E-state index contributed by atoms with van der Waals surface area (Å²) < 4.78 is 26.8. The molecule has 0 bridgehead atoms. The van der Waals surface area contributed by atoms with Crippen molar-refractivity contribution in [3.8, 4) is 0 Å². The molecule has 2 atom stereocenters. The average molecular weight is 764 g/mol. The number of carbonyl (C=O) groups is 2. The standard InChI is InChI=1S/C43H74NO8P/c1-3-5-7-9-11-13-15-17-19-20-22-24-26-28-30-32-34-36-43(47)50-39-41(45)40-52-53(48,49)51-38-37-44-42(46)35-33-31-29-27-25-23-21-18-16-14-12-10-8-6-4-2/h11-14,17-19,21-22,24,28,30,41,45H,3-10,15-16,20,23,25-27,29,31-40H2,1-2H3,(H,44,46)(H,48,49)/b13-11-,14-12-,19-17-,21-18-,24-22-,30-28-. The first-order chi connectivity index (χ1) is 25.8. The molecule has 3 N–H and O–H groups in total. The first-order valence-electron chi connectivity index (χ1n) is 20.4. The van der Waals surface area contributed by atoms with Gasteiger partial charge < -0.3 is 20.1 Å². The first-order valence-corrected chi connectivity index (χ1v) is 21.9. The van der Waals surface area contributed by atoms with Crippen molar-refractivity contribution in [3.05, 3.63) is 72.9 Å². The summed E-state index contributed by atoms with van der Waals surface area (Å²) in [4.78, 5) is 33.8. The Morgan fingerprint density at radius 1 is 0.585 bits per heavy atom. The van der Waals surface area contributed by atoms with E-state index in [1.807, 2.05) is 6.08 Å². The van der Waals surface area contributed by atoms with Crippen molar-refractivity contribution in [1.29, 1.82) is 0 Å². The average Bonchev–Trinajstić information content (AvgIpc) is 3.14. The molecule has 0 heterocycles. The Morgan fingerprint density at radius 3 is 1.57 bits per heavy atom. The number of amides is 1. The number of nitrogens with one attached hydrogen (secondary N) is 1. The number of aliphatic hydroxyl groups is 1. The number of unbranched alkanes of at least 4 members (excludes halogenated alkanes) is 12. The Morgan fingerprint density at radius 2 is 1.04 bits per heavy atom. The molecule has 0 saturated carbocycles. The summed E-state index contributed by atoms with van der Waals surface area (Å²) in [6, 6.07) is 0. The Balaban J connectivity index is 3.73. The maximum absolute atomic E-state index is 12.1. The zero-order valence-corrected chi connectivity index (χ0v) is 34.1. The van der Waals surface area contributed by atoms with Crippen LogP contribution in [0.1, 0.15) is 155 Å². The molecule has 0 rings (SSSR count). The minimum atomic E-state index is -4.43. The van der Waals surface area contributed by atoms with Gasteiger partial charge in [0, 0.05) is 19.4 Å². The minimum Gasteiger partial charge on any atom is -0.463 e. The van der Waals surface area contributed by atoms with E-state index in [1.165, 1.54) is 51.4 Å². The third-order valence-electron chi connectivity index (χ3n) is 8.11. The molecule has 53 heavy (non-hydrogen) atoms. The summed E-state index contributed by atoms with van der Waals surface area (Å²) in [5, 5.41) is 12.6. The van der Waals surface area contributed by atoms with E-state index in [9.17, 15) is 24.2 Å². The summed E-state index contributed by atoms with van der Waals surface area (Å²) in [5.41, 5.74) is 0. The predicted octanol–water partition coefficient (Wildman–Crippen LogP) is 11.1. The van der Waals surface area contributed by atoms with Crippen molar-refractivity contribution in [1.82, 2.24) is 5.32 Å². The van der Waals surface area contributed by atoms with E-state index in [1.54, 1.807) is 0 Å². The van der Waals surface area contributed by atoms with Crippen LogP contribution in [0, 0.1) is 0 Å². The molecule has 0 aliphatic rings. The topological polar surface area (TPSA) is 131 Å². The molecule has 1 amide bonds. The van der Waals surface area contributed by atoms with Crippen molar-refractivity contribution < 1.29 is 37.9 Å². The van der Waals surface area contributed by atoms with Crippen molar-refractivity contribution in [3.63, 3.8) is 0 Å². The highest BCUT2D eigenvalue weighted by atomic mass is 31.2. The number of allylic oxidation sites excluding steroid dienone is 12. The van der Waals surface area contributed by atoms with Crippen LogP contribution in [0.4, 0.5) is 0 Å². The summed E-state index contributed by atoms with van der Waals surface area (Å²) in [6.07, 6.45) is 46.9. The molecule has 0 aliphatic carbocycles. The lowest BCUT2D eigenvalue weighted by atomic mass is 10.1. The number of ether oxygens (including phenoxy) is 1. The normalized spacial score (nSPS) is 14.1. The maximum Gasteiger partial charge on any atom is 0.472 e. The number of hydrogen-bond acceptors (Lipinski definition) is 7. The van der Waals surface area contributed by atoms with Crippen LogP contribution < -0.4 is 5.32 Å². The Labute approximate surface area is 322 Å². The van der Waals surface area contributed by atoms with Gasteiger partial charge in [-0.15, -0.1) is 0 Å². The van der Waals surface area contributed by atoms with E-state index in [4.69, 9.17) is 13.8 Å². The van der Waals surface area contributed by atoms with E-state index in [-0.39, 0.29) is 32.1 Å². The van der Waals surface area contributed by atoms with Gasteiger partial charge in [-0.2, -0.15) is 0 Å². The number of esters is 1. The van der Waals surface area contributed by atoms with E-state index in [2.05, 4.69) is 86.0 Å². The molecule has 0 aromatic carbocycles. The van der Waals surface area contributed by atoms with Gasteiger partial charge in [-0.3, -0.25) is 18.6 Å². The molecule has 0 aliphatic heterocycles. The second-order valence-corrected chi connectivity index (χ2v) is 14.7. The molecule has 0 saturated heterocycles. The van der Waals surface area contributed by atoms with Gasteiger partial charge in [0.15, 0.2) is 0 Å². The van der Waals surface area contributed by atoms with Gasteiger partial charge in [0.2, 0.25) is 5.91 Å². The van der Waals surface area contributed by atoms with Crippen LogP contribution in [0.3, 0.4) is 0 Å². The largest absolute Gasteiger partial charge is 0.472 e. The number of hydrogen-bond donors (Lipinski definition) is 3. The maximum atomic E-state index is 12.1. The molecule has 10 heteroatoms. The van der Waals surface area contributed by atoms with Crippen molar-refractivity contribution in [2.45, 2.75) is 161 Å². The van der Waals surface area contributed by atoms with Gasteiger partial charge in [0.1, 0.15) is 12.7 Å². The summed E-state index contributed by atoms with van der Waals surface area (Å²) in [6.45, 7) is 3.39. The van der Waals surface area contributed by atoms with Gasteiger partial charge in [-0.1, -0.05) is 132 Å². The summed E-state index contributed by atoms with van der Waals surface area (Å²) in [5.74, 6) is -0.594. The second kappa shape index (κ2) is 39.2.